The molecule has 1 aromatic carbocycles. The third-order valence-corrected chi connectivity index (χ3v) is 4.45. The van der Waals surface area contributed by atoms with E-state index in [2.05, 4.69) is 19.2 Å². The summed E-state index contributed by atoms with van der Waals surface area (Å²) in [5.74, 6) is 1.69. The zero-order valence-electron chi connectivity index (χ0n) is 14.9. The molecule has 5 heteroatoms. The van der Waals surface area contributed by atoms with Crippen molar-refractivity contribution in [3.63, 3.8) is 0 Å². The lowest BCUT2D eigenvalue weighted by Crippen LogP contribution is -2.40. The summed E-state index contributed by atoms with van der Waals surface area (Å²) in [7, 11) is 0. The van der Waals surface area contributed by atoms with E-state index in [-0.39, 0.29) is 18.3 Å². The number of nitrogens with zero attached hydrogens (tertiary/aromatic N) is 1. The molecule has 1 aliphatic rings. The zero-order chi connectivity index (χ0) is 16.5. The summed E-state index contributed by atoms with van der Waals surface area (Å²) in [6.45, 7) is 8.84. The van der Waals surface area contributed by atoms with Crippen molar-refractivity contribution in [2.75, 3.05) is 32.8 Å². The monoisotopic (exact) mass is 354 g/mol. The van der Waals surface area contributed by atoms with Gasteiger partial charge in [0, 0.05) is 18.7 Å². The van der Waals surface area contributed by atoms with Crippen LogP contribution in [0.4, 0.5) is 0 Å². The number of ether oxygens (including phenoxy) is 1. The van der Waals surface area contributed by atoms with E-state index >= 15 is 0 Å². The summed E-state index contributed by atoms with van der Waals surface area (Å²) in [5.41, 5.74) is 0.762. The Morgan fingerprint density at radius 1 is 1.21 bits per heavy atom. The number of carbonyl (C=O) groups excluding carboxylic acids is 1. The summed E-state index contributed by atoms with van der Waals surface area (Å²) in [5, 5.41) is 3.40. The Kier molecular flexibility index (Phi) is 9.80. The van der Waals surface area contributed by atoms with Crippen LogP contribution in [0.3, 0.4) is 0 Å². The highest BCUT2D eigenvalue weighted by Gasteiger charge is 2.23. The average molecular weight is 355 g/mol. The van der Waals surface area contributed by atoms with Gasteiger partial charge in [0.05, 0.1) is 6.61 Å². The van der Waals surface area contributed by atoms with Crippen molar-refractivity contribution >= 4 is 18.3 Å². The minimum atomic E-state index is 0. The lowest BCUT2D eigenvalue weighted by Gasteiger charge is -2.32. The Hall–Kier alpha value is -1.26. The number of nitrogens with one attached hydrogen (secondary N) is 1. The molecular weight excluding hydrogens is 324 g/mol. The minimum Gasteiger partial charge on any atom is -0.494 e. The first-order chi connectivity index (χ1) is 11.2. The average Bonchev–Trinajstić information content (AvgIpc) is 2.61. The quantitative estimate of drug-likeness (QED) is 0.723. The number of halogens is 1. The van der Waals surface area contributed by atoms with E-state index in [1.165, 1.54) is 0 Å². The highest BCUT2D eigenvalue weighted by molar-refractivity contribution is 5.94. The molecule has 1 aliphatic heterocycles. The molecule has 4 nitrogen and oxygen atoms in total. The first kappa shape index (κ1) is 20.8. The van der Waals surface area contributed by atoms with E-state index in [0.717, 1.165) is 69.8 Å². The first-order valence-electron chi connectivity index (χ1n) is 8.97. The molecule has 2 rings (SSSR count). The maximum atomic E-state index is 12.6. The van der Waals surface area contributed by atoms with Crippen molar-refractivity contribution in [3.8, 4) is 5.75 Å². The van der Waals surface area contributed by atoms with Gasteiger partial charge in [-0.2, -0.15) is 0 Å². The van der Waals surface area contributed by atoms with Gasteiger partial charge in [0.2, 0.25) is 0 Å². The summed E-state index contributed by atoms with van der Waals surface area (Å²) >= 11 is 0. The predicted octanol–water partition coefficient (Wildman–Crippen LogP) is 3.75. The van der Waals surface area contributed by atoms with Crippen molar-refractivity contribution in [3.05, 3.63) is 29.8 Å². The van der Waals surface area contributed by atoms with Crippen LogP contribution in [0, 0.1) is 5.92 Å². The zero-order valence-corrected chi connectivity index (χ0v) is 15.7. The van der Waals surface area contributed by atoms with Crippen LogP contribution in [0.15, 0.2) is 24.3 Å². The molecule has 0 spiro atoms. The highest BCUT2D eigenvalue weighted by Crippen LogP contribution is 2.20. The van der Waals surface area contributed by atoms with Crippen LogP contribution in [-0.2, 0) is 0 Å². The van der Waals surface area contributed by atoms with Crippen LogP contribution in [0.1, 0.15) is 49.9 Å². The van der Waals surface area contributed by atoms with Crippen molar-refractivity contribution in [2.24, 2.45) is 5.92 Å². The fourth-order valence-corrected chi connectivity index (χ4v) is 2.90. The molecule has 0 aliphatic carbocycles. The largest absolute Gasteiger partial charge is 0.494 e. The summed E-state index contributed by atoms with van der Waals surface area (Å²) < 4.78 is 5.65. The van der Waals surface area contributed by atoms with E-state index in [1.807, 2.05) is 29.2 Å². The van der Waals surface area contributed by atoms with Crippen molar-refractivity contribution < 1.29 is 9.53 Å². The van der Waals surface area contributed by atoms with E-state index in [1.54, 1.807) is 0 Å². The molecule has 1 heterocycles. The number of carbonyl (C=O) groups is 1. The van der Waals surface area contributed by atoms with Gasteiger partial charge in [-0.25, -0.2) is 0 Å². The first-order valence-corrected chi connectivity index (χ1v) is 8.97. The fourth-order valence-electron chi connectivity index (χ4n) is 2.90. The second-order valence-corrected chi connectivity index (χ2v) is 6.27. The van der Waals surface area contributed by atoms with Gasteiger partial charge in [-0.05, 0) is 62.5 Å². The van der Waals surface area contributed by atoms with Gasteiger partial charge in [0.15, 0.2) is 0 Å². The fraction of sp³-hybridized carbons (Fsp3) is 0.632. The van der Waals surface area contributed by atoms with Gasteiger partial charge in [0.25, 0.3) is 5.91 Å². The van der Waals surface area contributed by atoms with Crippen LogP contribution < -0.4 is 10.1 Å². The summed E-state index contributed by atoms with van der Waals surface area (Å²) in [6.07, 6.45) is 4.37. The topological polar surface area (TPSA) is 41.6 Å². The van der Waals surface area contributed by atoms with Crippen LogP contribution in [0.25, 0.3) is 0 Å². The molecule has 0 unspecified atom stereocenters. The lowest BCUT2D eigenvalue weighted by atomic mass is 9.96. The maximum absolute atomic E-state index is 12.6. The molecule has 1 amide bonds. The Morgan fingerprint density at radius 3 is 2.46 bits per heavy atom. The molecule has 1 aromatic rings. The Bertz CT molecular complexity index is 471. The molecule has 0 saturated carbocycles. The van der Waals surface area contributed by atoms with Gasteiger partial charge >= 0.3 is 0 Å². The Morgan fingerprint density at radius 2 is 1.88 bits per heavy atom. The number of hydrogen-bond acceptors (Lipinski definition) is 3. The maximum Gasteiger partial charge on any atom is 0.253 e. The number of hydrogen-bond donors (Lipinski definition) is 1. The lowest BCUT2D eigenvalue weighted by molar-refractivity contribution is 0.0690. The minimum absolute atomic E-state index is 0. The molecule has 1 saturated heterocycles. The Labute approximate surface area is 152 Å². The van der Waals surface area contributed by atoms with E-state index in [4.69, 9.17) is 4.74 Å². The smallest absolute Gasteiger partial charge is 0.253 e. The molecule has 24 heavy (non-hydrogen) atoms. The normalized spacial score (nSPS) is 15.0. The molecule has 0 atom stereocenters. The molecule has 0 bridgehead atoms. The summed E-state index contributed by atoms with van der Waals surface area (Å²) in [6, 6.07) is 7.57. The highest BCUT2D eigenvalue weighted by atomic mass is 35.5. The molecule has 136 valence electrons. The number of likely N-dealkylation sites (tertiary alicyclic amines) is 1. The van der Waals surface area contributed by atoms with Crippen molar-refractivity contribution in [2.45, 2.75) is 39.5 Å². The molecular formula is C19H31ClN2O2. The van der Waals surface area contributed by atoms with Gasteiger partial charge in [0.1, 0.15) is 5.75 Å². The number of amides is 1. The van der Waals surface area contributed by atoms with Gasteiger partial charge in [-0.15, -0.1) is 12.4 Å². The van der Waals surface area contributed by atoms with Crippen molar-refractivity contribution in [1.82, 2.24) is 10.2 Å². The third-order valence-electron chi connectivity index (χ3n) is 4.45. The van der Waals surface area contributed by atoms with E-state index < -0.39 is 0 Å². The molecule has 0 radical (unpaired) electrons. The SMILES string of the molecule is CCCCOc1ccc(C(=O)N2CCC(CNCC)CC2)cc1.Cl. The van der Waals surface area contributed by atoms with E-state index in [9.17, 15) is 4.79 Å². The van der Waals surface area contributed by atoms with Gasteiger partial charge < -0.3 is 15.0 Å². The predicted molar refractivity (Wildman–Crippen MR) is 101 cm³/mol. The number of rotatable bonds is 8. The van der Waals surface area contributed by atoms with Crippen LogP contribution >= 0.6 is 12.4 Å². The van der Waals surface area contributed by atoms with Gasteiger partial charge in [-0.3, -0.25) is 4.79 Å². The number of piperidine rings is 1. The summed E-state index contributed by atoms with van der Waals surface area (Å²) in [4.78, 5) is 14.5. The van der Waals surface area contributed by atoms with Gasteiger partial charge in [-0.1, -0.05) is 20.3 Å². The number of benzene rings is 1. The molecule has 1 N–H and O–H groups in total. The Balaban J connectivity index is 0.00000288. The molecule has 1 fully saturated rings. The second kappa shape index (κ2) is 11.3. The van der Waals surface area contributed by atoms with Crippen molar-refractivity contribution in [1.29, 1.82) is 0 Å². The van der Waals surface area contributed by atoms with Crippen LogP contribution in [-0.4, -0.2) is 43.6 Å². The standard InChI is InChI=1S/C19H30N2O2.ClH/c1-3-5-14-23-18-8-6-17(7-9-18)19(22)21-12-10-16(11-13-21)15-20-4-2;/h6-9,16,20H,3-5,10-15H2,1-2H3;1H. The third kappa shape index (κ3) is 6.33. The van der Waals surface area contributed by atoms with Crippen LogP contribution in [0.5, 0.6) is 5.75 Å². The molecule has 0 aromatic heterocycles. The number of unbranched alkanes of at least 4 members (excludes halogenated alkanes) is 1. The van der Waals surface area contributed by atoms with E-state index in [0.29, 0.717) is 5.92 Å². The second-order valence-electron chi connectivity index (χ2n) is 6.27. The van der Waals surface area contributed by atoms with Crippen LogP contribution in [0.2, 0.25) is 0 Å².